The number of ether oxygens (including phenoxy) is 1. The number of fused-ring (bicyclic) bond motifs is 1. The van der Waals surface area contributed by atoms with Crippen molar-refractivity contribution in [2.24, 2.45) is 0 Å². The number of rotatable bonds is 5. The standard InChI is InChI=1S/C18H23N3O2S/c1-2-10-21(18(22)23-12-13-6-4-3-5-7-13)14-8-9-15-16(11-14)24-17(19)20-15/h3-7,14H,2,8-12H2,1H3,(H2,19,20). The van der Waals surface area contributed by atoms with Gasteiger partial charge in [-0.1, -0.05) is 37.3 Å². The normalized spacial score (nSPS) is 16.5. The molecule has 1 amide bonds. The van der Waals surface area contributed by atoms with Gasteiger partial charge in [0.1, 0.15) is 6.61 Å². The summed E-state index contributed by atoms with van der Waals surface area (Å²) in [6, 6.07) is 9.94. The number of hydrogen-bond donors (Lipinski definition) is 1. The third-order valence-electron chi connectivity index (χ3n) is 4.28. The van der Waals surface area contributed by atoms with Crippen molar-refractivity contribution in [1.29, 1.82) is 0 Å². The SMILES string of the molecule is CCCN(C(=O)OCc1ccccc1)C1CCc2nc(N)sc2C1. The maximum absolute atomic E-state index is 12.6. The second-order valence-corrected chi connectivity index (χ2v) is 7.17. The average molecular weight is 345 g/mol. The van der Waals surface area contributed by atoms with Gasteiger partial charge in [-0.2, -0.15) is 0 Å². The quantitative estimate of drug-likeness (QED) is 0.898. The summed E-state index contributed by atoms with van der Waals surface area (Å²) >= 11 is 1.54. The van der Waals surface area contributed by atoms with Crippen molar-refractivity contribution in [3.8, 4) is 0 Å². The maximum atomic E-state index is 12.6. The number of hydrogen-bond acceptors (Lipinski definition) is 5. The number of nitrogen functional groups attached to an aromatic ring is 1. The van der Waals surface area contributed by atoms with Crippen molar-refractivity contribution >= 4 is 22.6 Å². The van der Waals surface area contributed by atoms with Gasteiger partial charge in [-0.3, -0.25) is 0 Å². The first-order chi connectivity index (χ1) is 11.7. The molecule has 6 heteroatoms. The molecule has 0 spiro atoms. The summed E-state index contributed by atoms with van der Waals surface area (Å²) in [5.41, 5.74) is 7.92. The third kappa shape index (κ3) is 3.87. The molecule has 1 aromatic heterocycles. The molecule has 1 heterocycles. The summed E-state index contributed by atoms with van der Waals surface area (Å²) in [7, 11) is 0. The molecule has 5 nitrogen and oxygen atoms in total. The summed E-state index contributed by atoms with van der Waals surface area (Å²) in [5, 5.41) is 0.620. The largest absolute Gasteiger partial charge is 0.445 e. The Kier molecular flexibility index (Phi) is 5.35. The Morgan fingerprint density at radius 3 is 2.96 bits per heavy atom. The van der Waals surface area contributed by atoms with Gasteiger partial charge >= 0.3 is 6.09 Å². The minimum absolute atomic E-state index is 0.167. The zero-order valence-corrected chi connectivity index (χ0v) is 14.7. The molecular formula is C18H23N3O2S. The Bertz CT molecular complexity index is 687. The van der Waals surface area contributed by atoms with Crippen LogP contribution in [-0.2, 0) is 24.2 Å². The zero-order valence-electron chi connectivity index (χ0n) is 13.9. The van der Waals surface area contributed by atoms with Gasteiger partial charge in [0.15, 0.2) is 5.13 Å². The lowest BCUT2D eigenvalue weighted by atomic mass is 9.96. The van der Waals surface area contributed by atoms with E-state index >= 15 is 0 Å². The number of benzene rings is 1. The Hall–Kier alpha value is -2.08. The lowest BCUT2D eigenvalue weighted by Crippen LogP contribution is -2.44. The van der Waals surface area contributed by atoms with Crippen LogP contribution in [0.3, 0.4) is 0 Å². The van der Waals surface area contributed by atoms with Gasteiger partial charge in [0.2, 0.25) is 0 Å². The Balaban J connectivity index is 1.64. The van der Waals surface area contributed by atoms with E-state index in [9.17, 15) is 4.79 Å². The van der Waals surface area contributed by atoms with Crippen LogP contribution >= 0.6 is 11.3 Å². The molecule has 0 radical (unpaired) electrons. The number of carbonyl (C=O) groups is 1. The molecule has 0 saturated carbocycles. The second-order valence-electron chi connectivity index (χ2n) is 6.05. The van der Waals surface area contributed by atoms with Crippen molar-refractivity contribution in [2.45, 2.75) is 45.3 Å². The lowest BCUT2D eigenvalue weighted by Gasteiger charge is -2.33. The first kappa shape index (κ1) is 16.8. The summed E-state index contributed by atoms with van der Waals surface area (Å²) in [6.07, 6.45) is 3.29. The summed E-state index contributed by atoms with van der Waals surface area (Å²) < 4.78 is 5.54. The van der Waals surface area contributed by atoms with Crippen LogP contribution in [0.2, 0.25) is 0 Å². The van der Waals surface area contributed by atoms with Crippen molar-refractivity contribution in [3.63, 3.8) is 0 Å². The van der Waals surface area contributed by atoms with Crippen LogP contribution in [0.4, 0.5) is 9.93 Å². The molecule has 1 aliphatic rings. The highest BCUT2D eigenvalue weighted by Gasteiger charge is 2.30. The molecule has 0 bridgehead atoms. The molecule has 1 aliphatic carbocycles. The van der Waals surface area contributed by atoms with E-state index in [1.165, 1.54) is 16.2 Å². The number of aryl methyl sites for hydroxylation is 1. The second kappa shape index (κ2) is 7.66. The average Bonchev–Trinajstić information content (AvgIpc) is 2.97. The number of thiazole rings is 1. The smallest absolute Gasteiger partial charge is 0.410 e. The van der Waals surface area contributed by atoms with Gasteiger partial charge < -0.3 is 15.4 Å². The van der Waals surface area contributed by atoms with Crippen LogP contribution in [0.25, 0.3) is 0 Å². The van der Waals surface area contributed by atoms with E-state index in [2.05, 4.69) is 11.9 Å². The lowest BCUT2D eigenvalue weighted by molar-refractivity contribution is 0.0772. The molecule has 1 aromatic carbocycles. The maximum Gasteiger partial charge on any atom is 0.410 e. The number of carbonyl (C=O) groups excluding carboxylic acids is 1. The van der Waals surface area contributed by atoms with E-state index in [-0.39, 0.29) is 12.1 Å². The molecule has 1 unspecified atom stereocenters. The fourth-order valence-corrected chi connectivity index (χ4v) is 4.06. The van der Waals surface area contributed by atoms with E-state index in [1.807, 2.05) is 35.2 Å². The number of nitrogens with two attached hydrogens (primary N) is 1. The number of nitrogens with zero attached hydrogens (tertiary/aromatic N) is 2. The number of aromatic nitrogens is 1. The van der Waals surface area contributed by atoms with Crippen LogP contribution in [0.1, 0.15) is 35.9 Å². The highest BCUT2D eigenvalue weighted by molar-refractivity contribution is 7.15. The van der Waals surface area contributed by atoms with E-state index in [0.29, 0.717) is 18.3 Å². The fraction of sp³-hybridized carbons (Fsp3) is 0.444. The Morgan fingerprint density at radius 2 is 2.21 bits per heavy atom. The molecule has 24 heavy (non-hydrogen) atoms. The highest BCUT2D eigenvalue weighted by atomic mass is 32.1. The van der Waals surface area contributed by atoms with Crippen molar-refractivity contribution in [2.75, 3.05) is 12.3 Å². The predicted molar refractivity (Wildman–Crippen MR) is 96.0 cm³/mol. The van der Waals surface area contributed by atoms with Crippen molar-refractivity contribution < 1.29 is 9.53 Å². The molecular weight excluding hydrogens is 322 g/mol. The molecule has 0 saturated heterocycles. The number of amides is 1. The van der Waals surface area contributed by atoms with Crippen LogP contribution in [0.15, 0.2) is 30.3 Å². The highest BCUT2D eigenvalue weighted by Crippen LogP contribution is 2.30. The minimum atomic E-state index is -0.230. The summed E-state index contributed by atoms with van der Waals surface area (Å²) in [4.78, 5) is 20.0. The predicted octanol–water partition coefficient (Wildman–Crippen LogP) is 3.63. The van der Waals surface area contributed by atoms with Crippen molar-refractivity contribution in [1.82, 2.24) is 9.88 Å². The molecule has 0 aliphatic heterocycles. The van der Waals surface area contributed by atoms with E-state index < -0.39 is 0 Å². The molecule has 1 atom stereocenters. The Morgan fingerprint density at radius 1 is 1.42 bits per heavy atom. The third-order valence-corrected chi connectivity index (χ3v) is 5.22. The Labute approximate surface area is 146 Å². The van der Waals surface area contributed by atoms with Crippen LogP contribution < -0.4 is 5.73 Å². The molecule has 128 valence electrons. The van der Waals surface area contributed by atoms with E-state index in [1.54, 1.807) is 0 Å². The fourth-order valence-electron chi connectivity index (χ4n) is 3.11. The summed E-state index contributed by atoms with van der Waals surface area (Å²) in [6.45, 7) is 3.10. The molecule has 2 aromatic rings. The molecule has 3 rings (SSSR count). The van der Waals surface area contributed by atoms with Gasteiger partial charge in [-0.15, -0.1) is 11.3 Å². The van der Waals surface area contributed by atoms with E-state index in [4.69, 9.17) is 10.5 Å². The van der Waals surface area contributed by atoms with Gasteiger partial charge in [0, 0.05) is 23.9 Å². The van der Waals surface area contributed by atoms with Gasteiger partial charge in [-0.25, -0.2) is 9.78 Å². The minimum Gasteiger partial charge on any atom is -0.445 e. The van der Waals surface area contributed by atoms with Crippen LogP contribution in [0.5, 0.6) is 0 Å². The van der Waals surface area contributed by atoms with Gasteiger partial charge in [0.05, 0.1) is 5.69 Å². The van der Waals surface area contributed by atoms with E-state index in [0.717, 1.165) is 36.9 Å². The first-order valence-corrected chi connectivity index (χ1v) is 9.20. The van der Waals surface area contributed by atoms with Gasteiger partial charge in [-0.05, 0) is 24.8 Å². The topological polar surface area (TPSA) is 68.5 Å². The molecule has 2 N–H and O–H groups in total. The molecule has 0 fully saturated rings. The van der Waals surface area contributed by atoms with Crippen LogP contribution in [-0.4, -0.2) is 28.6 Å². The van der Waals surface area contributed by atoms with Crippen LogP contribution in [0, 0.1) is 0 Å². The zero-order chi connectivity index (χ0) is 16.9. The van der Waals surface area contributed by atoms with Crippen molar-refractivity contribution in [3.05, 3.63) is 46.5 Å². The number of anilines is 1. The van der Waals surface area contributed by atoms with Gasteiger partial charge in [0.25, 0.3) is 0 Å². The first-order valence-electron chi connectivity index (χ1n) is 8.38. The summed E-state index contributed by atoms with van der Waals surface area (Å²) in [5.74, 6) is 0. The monoisotopic (exact) mass is 345 g/mol.